The average Bonchev–Trinajstić information content (AvgIpc) is 3.16. The molecule has 0 aliphatic heterocycles. The van der Waals surface area contributed by atoms with Gasteiger partial charge in [0.2, 0.25) is 0 Å². The zero-order valence-corrected chi connectivity index (χ0v) is 10.5. The molecular formula is C14H10N6. The van der Waals surface area contributed by atoms with Crippen molar-refractivity contribution in [2.75, 3.05) is 0 Å². The minimum atomic E-state index is 0.771. The molecule has 6 nitrogen and oxygen atoms in total. The normalized spacial score (nSPS) is 11.0. The monoisotopic (exact) mass is 262 g/mol. The molecule has 0 saturated heterocycles. The number of aromatic nitrogens is 6. The first kappa shape index (κ1) is 10.9. The highest BCUT2D eigenvalue weighted by molar-refractivity contribution is 5.60. The molecule has 0 aliphatic rings. The third-order valence-electron chi connectivity index (χ3n) is 3.05. The summed E-state index contributed by atoms with van der Waals surface area (Å²) in [5.74, 6) is 0.771. The molecule has 0 amide bonds. The van der Waals surface area contributed by atoms with Crippen LogP contribution in [0.5, 0.6) is 0 Å². The van der Waals surface area contributed by atoms with Crippen molar-refractivity contribution in [2.45, 2.75) is 0 Å². The maximum atomic E-state index is 4.37. The van der Waals surface area contributed by atoms with Crippen molar-refractivity contribution in [3.63, 3.8) is 0 Å². The minimum absolute atomic E-state index is 0.771. The molecule has 4 heterocycles. The summed E-state index contributed by atoms with van der Waals surface area (Å²) < 4.78 is 3.53. The molecule has 4 aromatic rings. The van der Waals surface area contributed by atoms with Gasteiger partial charge in [-0.3, -0.25) is 0 Å². The summed E-state index contributed by atoms with van der Waals surface area (Å²) in [6.07, 6.45) is 8.96. The first-order chi connectivity index (χ1) is 9.92. The van der Waals surface area contributed by atoms with Crippen molar-refractivity contribution < 1.29 is 0 Å². The molecule has 0 saturated carbocycles. The first-order valence-corrected chi connectivity index (χ1v) is 6.17. The van der Waals surface area contributed by atoms with Gasteiger partial charge < -0.3 is 0 Å². The van der Waals surface area contributed by atoms with Crippen LogP contribution in [-0.4, -0.2) is 29.4 Å². The Hall–Kier alpha value is -3.02. The van der Waals surface area contributed by atoms with Crippen LogP contribution in [0.4, 0.5) is 0 Å². The third-order valence-corrected chi connectivity index (χ3v) is 3.05. The summed E-state index contributed by atoms with van der Waals surface area (Å²) in [7, 11) is 0. The van der Waals surface area contributed by atoms with E-state index < -0.39 is 0 Å². The molecule has 0 radical (unpaired) electrons. The molecule has 6 heteroatoms. The fraction of sp³-hybridized carbons (Fsp3) is 0. The molecule has 20 heavy (non-hydrogen) atoms. The average molecular weight is 262 g/mol. The lowest BCUT2D eigenvalue weighted by Gasteiger charge is -2.06. The van der Waals surface area contributed by atoms with Crippen LogP contribution in [0.15, 0.2) is 61.3 Å². The van der Waals surface area contributed by atoms with Crippen LogP contribution in [0.2, 0.25) is 0 Å². The fourth-order valence-electron chi connectivity index (χ4n) is 2.13. The van der Waals surface area contributed by atoms with Crippen molar-refractivity contribution >= 4 is 5.65 Å². The highest BCUT2D eigenvalue weighted by Gasteiger charge is 2.09. The lowest BCUT2D eigenvalue weighted by atomic mass is 10.2. The molecule has 0 N–H and O–H groups in total. The maximum absolute atomic E-state index is 4.37. The van der Waals surface area contributed by atoms with Crippen molar-refractivity contribution in [1.82, 2.24) is 29.4 Å². The van der Waals surface area contributed by atoms with Gasteiger partial charge in [-0.2, -0.15) is 10.2 Å². The summed E-state index contributed by atoms with van der Waals surface area (Å²) in [4.78, 5) is 8.69. The Labute approximate surface area is 114 Å². The predicted molar refractivity (Wildman–Crippen MR) is 73.3 cm³/mol. The van der Waals surface area contributed by atoms with Crippen molar-refractivity contribution in [2.24, 2.45) is 0 Å². The van der Waals surface area contributed by atoms with Crippen molar-refractivity contribution in [1.29, 1.82) is 0 Å². The predicted octanol–water partition coefficient (Wildman–Crippen LogP) is 1.98. The standard InChI is InChI=1S/C14H10N6/c1-2-6-15-14(3-1)20-12(4-7-18-20)11-9-16-13-5-8-17-19(13)10-11/h1-10H. The quantitative estimate of drug-likeness (QED) is 0.554. The summed E-state index contributed by atoms with van der Waals surface area (Å²) in [6.45, 7) is 0. The number of rotatable bonds is 2. The number of fused-ring (bicyclic) bond motifs is 1. The first-order valence-electron chi connectivity index (χ1n) is 6.17. The van der Waals surface area contributed by atoms with Gasteiger partial charge in [0, 0.05) is 30.2 Å². The van der Waals surface area contributed by atoms with E-state index >= 15 is 0 Å². The van der Waals surface area contributed by atoms with Crippen molar-refractivity contribution in [3.8, 4) is 17.1 Å². The molecule has 0 spiro atoms. The molecular weight excluding hydrogens is 252 g/mol. The Morgan fingerprint density at radius 2 is 1.80 bits per heavy atom. The van der Waals surface area contributed by atoms with Gasteiger partial charge in [-0.1, -0.05) is 6.07 Å². The zero-order chi connectivity index (χ0) is 13.4. The van der Waals surface area contributed by atoms with E-state index in [1.165, 1.54) is 0 Å². The van der Waals surface area contributed by atoms with Crippen LogP contribution in [0.25, 0.3) is 22.7 Å². The van der Waals surface area contributed by atoms with Crippen LogP contribution in [-0.2, 0) is 0 Å². The van der Waals surface area contributed by atoms with E-state index in [0.29, 0.717) is 0 Å². The molecule has 0 atom stereocenters. The van der Waals surface area contributed by atoms with Crippen LogP contribution in [0.1, 0.15) is 0 Å². The molecule has 0 aromatic carbocycles. The van der Waals surface area contributed by atoms with Gasteiger partial charge in [-0.05, 0) is 18.2 Å². The highest BCUT2D eigenvalue weighted by Crippen LogP contribution is 2.20. The topological polar surface area (TPSA) is 60.9 Å². The van der Waals surface area contributed by atoms with Crippen LogP contribution < -0.4 is 0 Å². The van der Waals surface area contributed by atoms with Gasteiger partial charge in [0.25, 0.3) is 0 Å². The molecule has 4 aromatic heterocycles. The lowest BCUT2D eigenvalue weighted by Crippen LogP contribution is -2.02. The lowest BCUT2D eigenvalue weighted by molar-refractivity contribution is 0.850. The second-order valence-corrected chi connectivity index (χ2v) is 4.29. The molecule has 0 unspecified atom stereocenters. The van der Waals surface area contributed by atoms with E-state index in [1.54, 1.807) is 27.8 Å². The van der Waals surface area contributed by atoms with E-state index in [1.807, 2.05) is 42.7 Å². The summed E-state index contributed by atoms with van der Waals surface area (Å²) >= 11 is 0. The van der Waals surface area contributed by atoms with E-state index in [0.717, 1.165) is 22.7 Å². The number of nitrogens with zero attached hydrogens (tertiary/aromatic N) is 6. The third kappa shape index (κ3) is 1.66. The second kappa shape index (κ2) is 4.27. The Kier molecular flexibility index (Phi) is 2.32. The van der Waals surface area contributed by atoms with Crippen LogP contribution in [0.3, 0.4) is 0 Å². The van der Waals surface area contributed by atoms with Gasteiger partial charge in [0.1, 0.15) is 0 Å². The van der Waals surface area contributed by atoms with Gasteiger partial charge in [0.15, 0.2) is 11.5 Å². The Balaban J connectivity index is 1.88. The summed E-state index contributed by atoms with van der Waals surface area (Å²) in [6, 6.07) is 9.52. The van der Waals surface area contributed by atoms with E-state index in [4.69, 9.17) is 0 Å². The Bertz CT molecular complexity index is 861. The number of pyridine rings is 1. The Morgan fingerprint density at radius 1 is 0.850 bits per heavy atom. The van der Waals surface area contributed by atoms with Crippen LogP contribution in [0, 0.1) is 0 Å². The van der Waals surface area contributed by atoms with E-state index in [9.17, 15) is 0 Å². The summed E-state index contributed by atoms with van der Waals surface area (Å²) in [5.41, 5.74) is 2.68. The SMILES string of the molecule is c1ccc(-n2nccc2-c2cnc3ccnn3c2)nc1. The van der Waals surface area contributed by atoms with Crippen molar-refractivity contribution in [3.05, 3.63) is 61.3 Å². The molecule has 96 valence electrons. The minimum Gasteiger partial charge on any atom is -0.237 e. The molecule has 0 bridgehead atoms. The van der Waals surface area contributed by atoms with E-state index in [2.05, 4.69) is 20.2 Å². The van der Waals surface area contributed by atoms with Gasteiger partial charge >= 0.3 is 0 Å². The molecule has 0 fully saturated rings. The summed E-state index contributed by atoms with van der Waals surface area (Å²) in [5, 5.41) is 8.53. The van der Waals surface area contributed by atoms with E-state index in [-0.39, 0.29) is 0 Å². The number of hydrogen-bond donors (Lipinski definition) is 0. The van der Waals surface area contributed by atoms with Crippen LogP contribution >= 0.6 is 0 Å². The largest absolute Gasteiger partial charge is 0.237 e. The van der Waals surface area contributed by atoms with Gasteiger partial charge in [-0.25, -0.2) is 19.2 Å². The fourth-order valence-corrected chi connectivity index (χ4v) is 2.13. The highest BCUT2D eigenvalue weighted by atomic mass is 15.3. The maximum Gasteiger partial charge on any atom is 0.154 e. The van der Waals surface area contributed by atoms with Gasteiger partial charge in [-0.15, -0.1) is 0 Å². The number of hydrogen-bond acceptors (Lipinski definition) is 4. The second-order valence-electron chi connectivity index (χ2n) is 4.29. The Morgan fingerprint density at radius 3 is 2.70 bits per heavy atom. The molecule has 0 aliphatic carbocycles. The van der Waals surface area contributed by atoms with Gasteiger partial charge in [0.05, 0.1) is 18.1 Å². The zero-order valence-electron chi connectivity index (χ0n) is 10.5. The molecule has 4 rings (SSSR count). The smallest absolute Gasteiger partial charge is 0.154 e.